The van der Waals surface area contributed by atoms with Gasteiger partial charge in [-0.3, -0.25) is 4.79 Å². The summed E-state index contributed by atoms with van der Waals surface area (Å²) in [5.41, 5.74) is 10.5. The maximum absolute atomic E-state index is 12.4. The molecule has 120 valence electrons. The van der Waals surface area contributed by atoms with E-state index in [-0.39, 0.29) is 18.0 Å². The third-order valence-electron chi connectivity index (χ3n) is 4.25. The lowest BCUT2D eigenvalue weighted by Gasteiger charge is -2.12. The van der Waals surface area contributed by atoms with Gasteiger partial charge in [0.15, 0.2) is 0 Å². The van der Waals surface area contributed by atoms with E-state index in [1.54, 1.807) is 0 Å². The summed E-state index contributed by atoms with van der Waals surface area (Å²) in [6.07, 6.45) is 0.678. The number of hydrogen-bond acceptors (Lipinski definition) is 3. The van der Waals surface area contributed by atoms with Gasteiger partial charge in [0.2, 0.25) is 5.91 Å². The van der Waals surface area contributed by atoms with Crippen molar-refractivity contribution in [3.63, 3.8) is 0 Å². The highest BCUT2D eigenvalue weighted by Gasteiger charge is 2.30. The molecule has 1 aliphatic heterocycles. The number of anilines is 1. The summed E-state index contributed by atoms with van der Waals surface area (Å²) in [7, 11) is 0. The smallest absolute Gasteiger partial charge is 0.242 e. The summed E-state index contributed by atoms with van der Waals surface area (Å²) >= 11 is 6.03. The van der Waals surface area contributed by atoms with E-state index >= 15 is 0 Å². The number of rotatable bonds is 3. The zero-order valence-corrected chi connectivity index (χ0v) is 13.9. The first-order chi connectivity index (χ1) is 11.0. The predicted molar refractivity (Wildman–Crippen MR) is 93.4 cm³/mol. The Kier molecular flexibility index (Phi) is 4.66. The second-order valence-electron chi connectivity index (χ2n) is 5.97. The molecule has 0 spiro atoms. The van der Waals surface area contributed by atoms with Crippen LogP contribution in [0.5, 0.6) is 0 Å². The molecule has 4 nitrogen and oxygen atoms in total. The van der Waals surface area contributed by atoms with Crippen molar-refractivity contribution in [1.82, 2.24) is 10.9 Å². The molecular weight excluding hydrogens is 310 g/mol. The lowest BCUT2D eigenvalue weighted by molar-refractivity contribution is -0.117. The first-order valence-electron chi connectivity index (χ1n) is 7.67. The van der Waals surface area contributed by atoms with Gasteiger partial charge in [-0.25, -0.2) is 10.9 Å². The van der Waals surface area contributed by atoms with Crippen LogP contribution in [-0.4, -0.2) is 11.9 Å². The number of amides is 1. The topological polar surface area (TPSA) is 53.2 Å². The zero-order chi connectivity index (χ0) is 16.4. The minimum absolute atomic E-state index is 0.0368. The molecule has 0 saturated carbocycles. The molecule has 1 aliphatic rings. The van der Waals surface area contributed by atoms with Gasteiger partial charge >= 0.3 is 0 Å². The summed E-state index contributed by atoms with van der Waals surface area (Å²) in [4.78, 5) is 12.4. The quantitative estimate of drug-likeness (QED) is 0.807. The van der Waals surface area contributed by atoms with Crippen molar-refractivity contribution in [2.45, 2.75) is 32.4 Å². The molecule has 2 aromatic rings. The standard InChI is InChI=1S/C18H20ClN3O/c1-11-6-7-15(8-12(11)2)20-18(23)17-10-16(21-22-17)13-4-3-5-14(19)9-13/h3-9,16-17,21-22H,10H2,1-2H3,(H,20,23). The van der Waals surface area contributed by atoms with E-state index in [1.165, 1.54) is 5.56 Å². The fourth-order valence-corrected chi connectivity index (χ4v) is 2.92. The SMILES string of the molecule is Cc1ccc(NC(=O)C2CC(c3cccc(Cl)c3)NN2)cc1C. The largest absolute Gasteiger partial charge is 0.325 e. The molecule has 3 N–H and O–H groups in total. The second kappa shape index (κ2) is 6.71. The van der Waals surface area contributed by atoms with Gasteiger partial charge in [0.05, 0.1) is 0 Å². The van der Waals surface area contributed by atoms with Gasteiger partial charge in [-0.15, -0.1) is 0 Å². The van der Waals surface area contributed by atoms with Crippen molar-refractivity contribution in [3.05, 3.63) is 64.2 Å². The van der Waals surface area contributed by atoms with Crippen molar-refractivity contribution in [1.29, 1.82) is 0 Å². The van der Waals surface area contributed by atoms with Crippen LogP contribution in [0.1, 0.15) is 29.2 Å². The lowest BCUT2D eigenvalue weighted by Crippen LogP contribution is -2.39. The third-order valence-corrected chi connectivity index (χ3v) is 4.48. The Morgan fingerprint density at radius 2 is 1.96 bits per heavy atom. The van der Waals surface area contributed by atoms with E-state index in [0.717, 1.165) is 16.8 Å². The van der Waals surface area contributed by atoms with Gasteiger partial charge in [-0.05, 0) is 61.2 Å². The van der Waals surface area contributed by atoms with Gasteiger partial charge in [0.1, 0.15) is 6.04 Å². The molecule has 2 atom stereocenters. The number of hydrazine groups is 1. The Morgan fingerprint density at radius 3 is 2.70 bits per heavy atom. The molecule has 0 aromatic heterocycles. The van der Waals surface area contributed by atoms with E-state index in [4.69, 9.17) is 11.6 Å². The van der Waals surface area contributed by atoms with Gasteiger partial charge < -0.3 is 5.32 Å². The Morgan fingerprint density at radius 1 is 1.13 bits per heavy atom. The molecule has 1 amide bonds. The van der Waals surface area contributed by atoms with Crippen molar-refractivity contribution in [2.75, 3.05) is 5.32 Å². The van der Waals surface area contributed by atoms with Crippen LogP contribution in [0.15, 0.2) is 42.5 Å². The van der Waals surface area contributed by atoms with Crippen LogP contribution < -0.4 is 16.2 Å². The Hall–Kier alpha value is -1.88. The van der Waals surface area contributed by atoms with Crippen LogP contribution >= 0.6 is 11.6 Å². The first kappa shape index (κ1) is 16.0. The van der Waals surface area contributed by atoms with Crippen LogP contribution in [0.4, 0.5) is 5.69 Å². The average molecular weight is 330 g/mol. The highest BCUT2D eigenvalue weighted by atomic mass is 35.5. The summed E-state index contributed by atoms with van der Waals surface area (Å²) in [5.74, 6) is -0.0368. The van der Waals surface area contributed by atoms with E-state index < -0.39 is 0 Å². The summed E-state index contributed by atoms with van der Waals surface area (Å²) < 4.78 is 0. The van der Waals surface area contributed by atoms with Crippen molar-refractivity contribution < 1.29 is 4.79 Å². The third kappa shape index (κ3) is 3.72. The molecule has 1 heterocycles. The second-order valence-corrected chi connectivity index (χ2v) is 6.41. The molecule has 3 rings (SSSR count). The number of hydrogen-bond donors (Lipinski definition) is 3. The van der Waals surface area contributed by atoms with Crippen molar-refractivity contribution >= 4 is 23.2 Å². The predicted octanol–water partition coefficient (Wildman–Crippen LogP) is 3.50. The summed E-state index contributed by atoms with van der Waals surface area (Å²) in [6.45, 7) is 4.09. The molecule has 1 saturated heterocycles. The zero-order valence-electron chi connectivity index (χ0n) is 13.2. The lowest BCUT2D eigenvalue weighted by atomic mass is 10.0. The summed E-state index contributed by atoms with van der Waals surface area (Å²) in [6, 6.07) is 13.4. The van der Waals surface area contributed by atoms with Crippen molar-refractivity contribution in [2.24, 2.45) is 0 Å². The Balaban J connectivity index is 1.64. The van der Waals surface area contributed by atoms with Crippen LogP contribution in [-0.2, 0) is 4.79 Å². The number of halogens is 1. The number of carbonyl (C=O) groups is 1. The van der Waals surface area contributed by atoms with E-state index in [9.17, 15) is 4.79 Å². The molecule has 2 unspecified atom stereocenters. The molecule has 23 heavy (non-hydrogen) atoms. The minimum Gasteiger partial charge on any atom is -0.325 e. The normalized spacial score (nSPS) is 20.5. The highest BCUT2D eigenvalue weighted by molar-refractivity contribution is 6.30. The average Bonchev–Trinajstić information content (AvgIpc) is 3.01. The Labute approximate surface area is 141 Å². The van der Waals surface area contributed by atoms with Gasteiger partial charge in [0, 0.05) is 16.8 Å². The van der Waals surface area contributed by atoms with E-state index in [1.807, 2.05) is 49.4 Å². The van der Waals surface area contributed by atoms with Crippen LogP contribution in [0.25, 0.3) is 0 Å². The molecular formula is C18H20ClN3O. The summed E-state index contributed by atoms with van der Waals surface area (Å²) in [5, 5.41) is 3.67. The van der Waals surface area contributed by atoms with Crippen LogP contribution in [0.3, 0.4) is 0 Å². The van der Waals surface area contributed by atoms with Crippen LogP contribution in [0.2, 0.25) is 5.02 Å². The number of carbonyl (C=O) groups excluding carboxylic acids is 1. The fourth-order valence-electron chi connectivity index (χ4n) is 2.72. The molecule has 1 fully saturated rings. The maximum atomic E-state index is 12.4. The monoisotopic (exact) mass is 329 g/mol. The van der Waals surface area contributed by atoms with Gasteiger partial charge in [0.25, 0.3) is 0 Å². The molecule has 0 bridgehead atoms. The highest BCUT2D eigenvalue weighted by Crippen LogP contribution is 2.25. The van der Waals surface area contributed by atoms with Gasteiger partial charge in [-0.2, -0.15) is 0 Å². The minimum atomic E-state index is -0.277. The number of benzene rings is 2. The van der Waals surface area contributed by atoms with Gasteiger partial charge in [-0.1, -0.05) is 29.8 Å². The molecule has 0 aliphatic carbocycles. The molecule has 2 aromatic carbocycles. The van der Waals surface area contributed by atoms with Crippen LogP contribution in [0, 0.1) is 13.8 Å². The van der Waals surface area contributed by atoms with E-state index in [0.29, 0.717) is 11.4 Å². The maximum Gasteiger partial charge on any atom is 0.242 e. The Bertz CT molecular complexity index is 732. The molecule has 5 heteroatoms. The van der Waals surface area contributed by atoms with E-state index in [2.05, 4.69) is 23.1 Å². The first-order valence-corrected chi connectivity index (χ1v) is 8.05. The number of nitrogens with one attached hydrogen (secondary N) is 3. The molecule has 0 radical (unpaired) electrons. The fraction of sp³-hybridized carbons (Fsp3) is 0.278. The number of aryl methyl sites for hydroxylation is 2. The van der Waals surface area contributed by atoms with Crippen molar-refractivity contribution in [3.8, 4) is 0 Å².